The maximum absolute atomic E-state index is 13.3. The minimum absolute atomic E-state index is 0. The van der Waals surface area contributed by atoms with E-state index in [9.17, 15) is 14.4 Å². The highest BCUT2D eigenvalue weighted by Gasteiger charge is 2.26. The molecule has 0 unspecified atom stereocenters. The first kappa shape index (κ1) is 33.2. The van der Waals surface area contributed by atoms with Gasteiger partial charge < -0.3 is 27.1 Å². The fourth-order valence-corrected chi connectivity index (χ4v) is 3.96. The summed E-state index contributed by atoms with van der Waals surface area (Å²) in [5.74, 6) is -0.769. The van der Waals surface area contributed by atoms with Crippen molar-refractivity contribution in [1.82, 2.24) is 16.2 Å². The van der Waals surface area contributed by atoms with E-state index in [1.165, 1.54) is 0 Å². The van der Waals surface area contributed by atoms with Gasteiger partial charge in [0.05, 0.1) is 23.6 Å². The van der Waals surface area contributed by atoms with Crippen molar-refractivity contribution in [3.05, 3.63) is 65.2 Å². The zero-order valence-corrected chi connectivity index (χ0v) is 24.1. The van der Waals surface area contributed by atoms with Crippen LogP contribution in [-0.2, 0) is 20.9 Å². The molecule has 2 aromatic carbocycles. The molecule has 218 valence electrons. The van der Waals surface area contributed by atoms with Crippen LogP contribution in [0.2, 0.25) is 0 Å². The summed E-state index contributed by atoms with van der Waals surface area (Å²) in [5.41, 5.74) is 22.9. The number of benzene rings is 2. The number of hydrogen-bond acceptors (Lipinski definition) is 6. The molecule has 0 radical (unpaired) electrons. The standard InChI is InChI=1S/C26H34N6O3.2C2H6.2H2/c1-2-15-30-31-26-19-9-4-3-8-18(19)17-32(21-11-6-5-10-20(21)25(26)28)24(35)14-16-29-23(34)13-7-12-22(27)33;2*1-2;;/h3-6,8-11,30-31H,2,7,12-17,28H2,1H3,(H2,27,33)(H,29,34);2*1-2H3;2*1H/b26-25-;;;;. The number of amides is 3. The fourth-order valence-electron chi connectivity index (χ4n) is 3.96. The summed E-state index contributed by atoms with van der Waals surface area (Å²) in [7, 11) is 0. The summed E-state index contributed by atoms with van der Waals surface area (Å²) in [6.07, 6.45) is 1.84. The Morgan fingerprint density at radius 1 is 0.897 bits per heavy atom. The van der Waals surface area contributed by atoms with Crippen LogP contribution in [0, 0.1) is 0 Å². The molecule has 0 fully saturated rings. The normalized spacial score (nSPS) is 13.6. The molecule has 0 bridgehead atoms. The second kappa shape index (κ2) is 18.4. The number of fused-ring (bicyclic) bond motifs is 2. The molecule has 39 heavy (non-hydrogen) atoms. The van der Waals surface area contributed by atoms with Crippen LogP contribution in [0.25, 0.3) is 11.4 Å². The van der Waals surface area contributed by atoms with Crippen LogP contribution in [0.5, 0.6) is 0 Å². The molecule has 9 nitrogen and oxygen atoms in total. The van der Waals surface area contributed by atoms with Crippen LogP contribution in [0.4, 0.5) is 5.69 Å². The van der Waals surface area contributed by atoms with E-state index >= 15 is 0 Å². The summed E-state index contributed by atoms with van der Waals surface area (Å²) >= 11 is 0. The molecule has 3 amide bonds. The van der Waals surface area contributed by atoms with Crippen LogP contribution in [0.1, 0.15) is 86.3 Å². The van der Waals surface area contributed by atoms with Crippen molar-refractivity contribution >= 4 is 34.8 Å². The van der Waals surface area contributed by atoms with E-state index in [0.717, 1.165) is 35.4 Å². The first-order chi connectivity index (χ1) is 18.9. The Morgan fingerprint density at radius 2 is 1.54 bits per heavy atom. The molecule has 0 saturated heterocycles. The highest BCUT2D eigenvalue weighted by atomic mass is 16.2. The first-order valence-electron chi connectivity index (χ1n) is 13.9. The number of hydrazine groups is 1. The molecule has 0 aromatic heterocycles. The quantitative estimate of drug-likeness (QED) is 0.209. The third-order valence-corrected chi connectivity index (χ3v) is 5.75. The second-order valence-electron chi connectivity index (χ2n) is 8.41. The van der Waals surface area contributed by atoms with Crippen molar-refractivity contribution in [2.75, 3.05) is 18.0 Å². The van der Waals surface area contributed by atoms with Crippen LogP contribution in [0.15, 0.2) is 48.5 Å². The van der Waals surface area contributed by atoms with Crippen molar-refractivity contribution in [1.29, 1.82) is 0 Å². The molecule has 1 aliphatic heterocycles. The second-order valence-corrected chi connectivity index (χ2v) is 8.41. The van der Waals surface area contributed by atoms with E-state index in [4.69, 9.17) is 11.5 Å². The van der Waals surface area contributed by atoms with Crippen molar-refractivity contribution in [2.24, 2.45) is 11.5 Å². The number of primary amides is 1. The van der Waals surface area contributed by atoms with Crippen molar-refractivity contribution < 1.29 is 17.2 Å². The lowest BCUT2D eigenvalue weighted by Crippen LogP contribution is -2.37. The van der Waals surface area contributed by atoms with Crippen LogP contribution in [0.3, 0.4) is 0 Å². The van der Waals surface area contributed by atoms with Crippen molar-refractivity contribution in [3.63, 3.8) is 0 Å². The summed E-state index contributed by atoms with van der Waals surface area (Å²) in [6, 6.07) is 15.4. The minimum Gasteiger partial charge on any atom is -0.396 e. The Kier molecular flexibility index (Phi) is 15.7. The van der Waals surface area contributed by atoms with E-state index < -0.39 is 5.91 Å². The molecule has 0 saturated carbocycles. The SMILES string of the molecule is CC.CC.CCCNN/C1=C(\N)c2ccccc2N(C(=O)CCNC(=O)CCCC(N)=O)Cc2ccccc21.[HH].[HH]. The molecule has 1 heterocycles. The van der Waals surface area contributed by atoms with Gasteiger partial charge in [0, 0.05) is 46.3 Å². The lowest BCUT2D eigenvalue weighted by molar-refractivity contribution is -0.121. The maximum atomic E-state index is 13.3. The topological polar surface area (TPSA) is 143 Å². The van der Waals surface area contributed by atoms with Gasteiger partial charge in [-0.3, -0.25) is 14.4 Å². The van der Waals surface area contributed by atoms with Gasteiger partial charge in [0.1, 0.15) is 0 Å². The number of carbonyl (C=O) groups is 3. The van der Waals surface area contributed by atoms with E-state index in [1.54, 1.807) is 4.90 Å². The molecular formula is C30H50N6O3. The largest absolute Gasteiger partial charge is 0.396 e. The van der Waals surface area contributed by atoms with Gasteiger partial charge in [0.2, 0.25) is 17.7 Å². The van der Waals surface area contributed by atoms with Crippen LogP contribution < -0.4 is 32.5 Å². The Bertz CT molecular complexity index is 1110. The minimum atomic E-state index is -0.433. The lowest BCUT2D eigenvalue weighted by atomic mass is 9.96. The van der Waals surface area contributed by atoms with E-state index in [2.05, 4.69) is 23.1 Å². The van der Waals surface area contributed by atoms with Gasteiger partial charge in [0.25, 0.3) is 0 Å². The molecule has 0 aliphatic carbocycles. The highest BCUT2D eigenvalue weighted by Crippen LogP contribution is 2.34. The Hall–Kier alpha value is -3.85. The predicted molar refractivity (Wildman–Crippen MR) is 164 cm³/mol. The van der Waals surface area contributed by atoms with E-state index in [1.807, 2.05) is 76.2 Å². The lowest BCUT2D eigenvalue weighted by Gasteiger charge is -2.30. The summed E-state index contributed by atoms with van der Waals surface area (Å²) in [5, 5.41) is 2.75. The van der Waals surface area contributed by atoms with Gasteiger partial charge in [0.15, 0.2) is 0 Å². The van der Waals surface area contributed by atoms with Gasteiger partial charge in [-0.25, -0.2) is 5.43 Å². The zero-order valence-electron chi connectivity index (χ0n) is 24.1. The number of rotatable bonds is 11. The number of anilines is 1. The highest BCUT2D eigenvalue weighted by molar-refractivity contribution is 6.01. The Balaban J connectivity index is 0. The first-order valence-corrected chi connectivity index (χ1v) is 13.9. The maximum Gasteiger partial charge on any atom is 0.229 e. The molecule has 0 atom stereocenters. The van der Waals surface area contributed by atoms with E-state index in [0.29, 0.717) is 24.4 Å². The summed E-state index contributed by atoms with van der Waals surface area (Å²) in [4.78, 5) is 37.9. The number of nitrogens with two attached hydrogens (primary N) is 2. The third-order valence-electron chi connectivity index (χ3n) is 5.75. The smallest absolute Gasteiger partial charge is 0.229 e. The van der Waals surface area contributed by atoms with Crippen LogP contribution >= 0.6 is 0 Å². The number of carbonyl (C=O) groups excluding carboxylic acids is 3. The molecule has 3 rings (SSSR count). The van der Waals surface area contributed by atoms with Crippen molar-refractivity contribution in [2.45, 2.75) is 73.3 Å². The zero-order chi connectivity index (χ0) is 29.2. The van der Waals surface area contributed by atoms with Crippen molar-refractivity contribution in [3.8, 4) is 0 Å². The third kappa shape index (κ3) is 10.1. The summed E-state index contributed by atoms with van der Waals surface area (Å²) < 4.78 is 0. The fraction of sp³-hybridized carbons (Fsp3) is 0.433. The van der Waals surface area contributed by atoms with Gasteiger partial charge >= 0.3 is 0 Å². The molecule has 2 aromatic rings. The van der Waals surface area contributed by atoms with Gasteiger partial charge in [-0.2, -0.15) is 0 Å². The molecule has 1 aliphatic rings. The van der Waals surface area contributed by atoms with Gasteiger partial charge in [-0.15, -0.1) is 0 Å². The van der Waals surface area contributed by atoms with Gasteiger partial charge in [-0.05, 0) is 24.5 Å². The molecule has 0 spiro atoms. The average molecular weight is 543 g/mol. The Labute approximate surface area is 236 Å². The number of para-hydroxylation sites is 1. The average Bonchev–Trinajstić information content (AvgIpc) is 2.95. The molecule has 9 heteroatoms. The Morgan fingerprint density at radius 3 is 2.21 bits per heavy atom. The number of nitrogens with zero attached hydrogens (tertiary/aromatic N) is 1. The number of hydrogen-bond donors (Lipinski definition) is 5. The van der Waals surface area contributed by atoms with E-state index in [-0.39, 0.29) is 40.5 Å². The number of nitrogens with one attached hydrogen (secondary N) is 3. The van der Waals surface area contributed by atoms with Gasteiger partial charge in [-0.1, -0.05) is 77.1 Å². The predicted octanol–water partition coefficient (Wildman–Crippen LogP) is 4.53. The monoisotopic (exact) mass is 542 g/mol. The van der Waals surface area contributed by atoms with Crippen LogP contribution in [-0.4, -0.2) is 30.8 Å². The molecule has 7 N–H and O–H groups in total. The molecular weight excluding hydrogens is 492 g/mol. The summed E-state index contributed by atoms with van der Waals surface area (Å²) in [6.45, 7) is 11.4.